The molecule has 0 saturated carbocycles. The molecule has 1 aromatic rings. The molecule has 0 spiro atoms. The largest absolute Gasteiger partial charge is 0.340 e. The summed E-state index contributed by atoms with van der Waals surface area (Å²) in [7, 11) is 0. The second kappa shape index (κ2) is 4.28. The first-order valence-electron chi connectivity index (χ1n) is 5.74. The summed E-state index contributed by atoms with van der Waals surface area (Å²) in [6.07, 6.45) is 0. The Kier molecular flexibility index (Phi) is 3.07. The Morgan fingerprint density at radius 1 is 1.22 bits per heavy atom. The van der Waals surface area contributed by atoms with Gasteiger partial charge in [-0.25, -0.2) is 0 Å². The van der Waals surface area contributed by atoms with E-state index < -0.39 is 11.6 Å². The van der Waals surface area contributed by atoms with E-state index in [9.17, 15) is 9.59 Å². The van der Waals surface area contributed by atoms with Crippen molar-refractivity contribution in [1.29, 1.82) is 0 Å². The molecule has 1 heterocycles. The summed E-state index contributed by atoms with van der Waals surface area (Å²) < 4.78 is 0. The van der Waals surface area contributed by atoms with Gasteiger partial charge in [0.25, 0.3) is 5.91 Å². The van der Waals surface area contributed by atoms with Crippen molar-refractivity contribution in [3.63, 3.8) is 0 Å². The van der Waals surface area contributed by atoms with Gasteiger partial charge in [0, 0.05) is 10.7 Å². The minimum Gasteiger partial charge on any atom is -0.340 e. The van der Waals surface area contributed by atoms with E-state index in [1.54, 1.807) is 45.0 Å². The molecule has 2 amide bonds. The van der Waals surface area contributed by atoms with E-state index >= 15 is 0 Å². The summed E-state index contributed by atoms with van der Waals surface area (Å²) in [5.41, 5.74) is -0.205. The second-order valence-electron chi connectivity index (χ2n) is 4.94. The third-order valence-corrected chi connectivity index (χ3v) is 3.31. The van der Waals surface area contributed by atoms with E-state index in [0.29, 0.717) is 10.7 Å². The smallest absolute Gasteiger partial charge is 0.252 e. The van der Waals surface area contributed by atoms with Crippen LogP contribution in [0.3, 0.4) is 0 Å². The molecule has 18 heavy (non-hydrogen) atoms. The van der Waals surface area contributed by atoms with Crippen LogP contribution in [0.5, 0.6) is 0 Å². The maximum atomic E-state index is 12.4. The lowest BCUT2D eigenvalue weighted by Gasteiger charge is -2.41. The molecule has 1 atom stereocenters. The molecule has 1 saturated heterocycles. The van der Waals surface area contributed by atoms with Crippen LogP contribution in [0.1, 0.15) is 20.8 Å². The Hall–Kier alpha value is -1.55. The van der Waals surface area contributed by atoms with Gasteiger partial charge in [-0.1, -0.05) is 11.6 Å². The zero-order valence-corrected chi connectivity index (χ0v) is 11.3. The van der Waals surface area contributed by atoms with E-state index in [2.05, 4.69) is 5.32 Å². The summed E-state index contributed by atoms with van der Waals surface area (Å²) in [6.45, 7) is 5.10. The van der Waals surface area contributed by atoms with Gasteiger partial charge in [-0.2, -0.15) is 0 Å². The standard InChI is InChI=1S/C13H15ClN2O2/c1-8-11(17)15-13(2,3)12(18)16(8)10-6-4-9(14)5-7-10/h4-8H,1-3H3,(H,15,17). The van der Waals surface area contributed by atoms with Gasteiger partial charge in [0.15, 0.2) is 0 Å². The van der Waals surface area contributed by atoms with Crippen LogP contribution < -0.4 is 10.2 Å². The average Bonchev–Trinajstić information content (AvgIpc) is 2.29. The summed E-state index contributed by atoms with van der Waals surface area (Å²) in [5, 5.41) is 3.31. The lowest BCUT2D eigenvalue weighted by Crippen LogP contribution is -2.67. The topological polar surface area (TPSA) is 49.4 Å². The molecule has 1 aliphatic rings. The van der Waals surface area contributed by atoms with Gasteiger partial charge in [0.05, 0.1) is 0 Å². The Bertz CT molecular complexity index is 496. The van der Waals surface area contributed by atoms with Crippen LogP contribution in [0.4, 0.5) is 5.69 Å². The van der Waals surface area contributed by atoms with E-state index in [-0.39, 0.29) is 11.8 Å². The summed E-state index contributed by atoms with van der Waals surface area (Å²) in [5.74, 6) is -0.286. The van der Waals surface area contributed by atoms with Crippen LogP contribution >= 0.6 is 11.6 Å². The average molecular weight is 267 g/mol. The van der Waals surface area contributed by atoms with Crippen molar-refractivity contribution >= 4 is 29.1 Å². The molecular weight excluding hydrogens is 252 g/mol. The van der Waals surface area contributed by atoms with Crippen LogP contribution in [0, 0.1) is 0 Å². The van der Waals surface area contributed by atoms with Crippen molar-refractivity contribution in [2.75, 3.05) is 4.90 Å². The summed E-state index contributed by atoms with van der Waals surface area (Å²) in [6, 6.07) is 6.37. The number of anilines is 1. The van der Waals surface area contributed by atoms with Crippen LogP contribution in [0.15, 0.2) is 24.3 Å². The second-order valence-corrected chi connectivity index (χ2v) is 5.38. The molecule has 1 aliphatic heterocycles. The van der Waals surface area contributed by atoms with Gasteiger partial charge in [-0.05, 0) is 45.0 Å². The maximum absolute atomic E-state index is 12.4. The zero-order valence-electron chi connectivity index (χ0n) is 10.5. The quantitative estimate of drug-likeness (QED) is 0.845. The minimum absolute atomic E-state index is 0.128. The fraction of sp³-hybridized carbons (Fsp3) is 0.385. The predicted molar refractivity (Wildman–Crippen MR) is 70.6 cm³/mol. The number of nitrogens with one attached hydrogen (secondary N) is 1. The Morgan fingerprint density at radius 3 is 2.33 bits per heavy atom. The highest BCUT2D eigenvalue weighted by atomic mass is 35.5. The van der Waals surface area contributed by atoms with Gasteiger partial charge in [-0.3, -0.25) is 14.5 Å². The molecular formula is C13H15ClN2O2. The molecule has 4 nitrogen and oxygen atoms in total. The van der Waals surface area contributed by atoms with Crippen LogP contribution in [0.2, 0.25) is 5.02 Å². The lowest BCUT2D eigenvalue weighted by molar-refractivity contribution is -0.136. The number of piperazine rings is 1. The van der Waals surface area contributed by atoms with E-state index in [1.165, 1.54) is 4.90 Å². The van der Waals surface area contributed by atoms with Crippen molar-refractivity contribution in [1.82, 2.24) is 5.32 Å². The van der Waals surface area contributed by atoms with Gasteiger partial charge in [-0.15, -0.1) is 0 Å². The number of benzene rings is 1. The molecule has 1 N–H and O–H groups in total. The molecule has 0 aromatic heterocycles. The van der Waals surface area contributed by atoms with Gasteiger partial charge < -0.3 is 5.32 Å². The molecule has 96 valence electrons. The highest BCUT2D eigenvalue weighted by Gasteiger charge is 2.43. The van der Waals surface area contributed by atoms with Crippen molar-refractivity contribution in [3.8, 4) is 0 Å². The third-order valence-electron chi connectivity index (χ3n) is 3.06. The monoisotopic (exact) mass is 266 g/mol. The predicted octanol–water partition coefficient (Wildman–Crippen LogP) is 1.97. The number of carbonyl (C=O) groups excluding carboxylic acids is 2. The van der Waals surface area contributed by atoms with E-state index in [0.717, 1.165) is 0 Å². The van der Waals surface area contributed by atoms with Crippen molar-refractivity contribution in [3.05, 3.63) is 29.3 Å². The van der Waals surface area contributed by atoms with E-state index in [1.807, 2.05) is 0 Å². The fourth-order valence-electron chi connectivity index (χ4n) is 2.00. The number of nitrogens with zero attached hydrogens (tertiary/aromatic N) is 1. The van der Waals surface area contributed by atoms with Gasteiger partial charge in [0.2, 0.25) is 5.91 Å². The highest BCUT2D eigenvalue weighted by molar-refractivity contribution is 6.30. The number of carbonyl (C=O) groups is 2. The third kappa shape index (κ3) is 2.08. The lowest BCUT2D eigenvalue weighted by atomic mass is 9.96. The fourth-order valence-corrected chi connectivity index (χ4v) is 2.13. The number of rotatable bonds is 1. The van der Waals surface area contributed by atoms with Crippen molar-refractivity contribution in [2.45, 2.75) is 32.4 Å². The SMILES string of the molecule is CC1C(=O)NC(C)(C)C(=O)N1c1ccc(Cl)cc1. The molecule has 1 unspecified atom stereocenters. The van der Waals surface area contributed by atoms with Crippen LogP contribution in [0.25, 0.3) is 0 Å². The molecule has 2 rings (SSSR count). The van der Waals surface area contributed by atoms with Gasteiger partial charge in [0.1, 0.15) is 11.6 Å². The number of hydrogen-bond donors (Lipinski definition) is 1. The summed E-state index contributed by atoms with van der Waals surface area (Å²) in [4.78, 5) is 25.8. The van der Waals surface area contributed by atoms with Crippen LogP contribution in [-0.2, 0) is 9.59 Å². The maximum Gasteiger partial charge on any atom is 0.252 e. The molecule has 1 aromatic carbocycles. The first kappa shape index (κ1) is 12.9. The first-order valence-corrected chi connectivity index (χ1v) is 6.12. The highest BCUT2D eigenvalue weighted by Crippen LogP contribution is 2.26. The van der Waals surface area contributed by atoms with Gasteiger partial charge >= 0.3 is 0 Å². The summed E-state index contributed by atoms with van der Waals surface area (Å²) >= 11 is 5.83. The van der Waals surface area contributed by atoms with Crippen molar-refractivity contribution in [2.24, 2.45) is 0 Å². The Balaban J connectivity index is 2.43. The number of hydrogen-bond acceptors (Lipinski definition) is 2. The molecule has 0 bridgehead atoms. The normalized spacial score (nSPS) is 22.9. The van der Waals surface area contributed by atoms with Crippen molar-refractivity contribution < 1.29 is 9.59 Å². The van der Waals surface area contributed by atoms with E-state index in [4.69, 9.17) is 11.6 Å². The minimum atomic E-state index is -0.886. The molecule has 5 heteroatoms. The first-order chi connectivity index (χ1) is 8.33. The van der Waals surface area contributed by atoms with Crippen LogP contribution in [-0.4, -0.2) is 23.4 Å². The number of halogens is 1. The Morgan fingerprint density at radius 2 is 1.78 bits per heavy atom. The number of amides is 2. The zero-order chi connectivity index (χ0) is 13.5. The molecule has 0 radical (unpaired) electrons. The Labute approximate surface area is 111 Å². The molecule has 1 fully saturated rings. The molecule has 0 aliphatic carbocycles.